The molecule has 2 aromatic carbocycles. The Hall–Kier alpha value is -6.37. The second kappa shape index (κ2) is 22.6. The summed E-state index contributed by atoms with van der Waals surface area (Å²) in [6, 6.07) is 8.09. The lowest BCUT2D eigenvalue weighted by atomic mass is 9.80. The van der Waals surface area contributed by atoms with Crippen LogP contribution in [0.25, 0.3) is 10.2 Å². The summed E-state index contributed by atoms with van der Waals surface area (Å²) >= 11 is 1.12. The number of thiazole rings is 1. The quantitative estimate of drug-likeness (QED) is 0.0604. The molecule has 2 amide bonds. The highest BCUT2D eigenvalue weighted by atomic mass is 32.1. The zero-order valence-corrected chi connectivity index (χ0v) is 41.8. The molecule has 0 N–H and O–H groups in total. The van der Waals surface area contributed by atoms with Crippen LogP contribution in [0.1, 0.15) is 150 Å². The highest BCUT2D eigenvalue weighted by molar-refractivity contribution is 7.22. The maximum absolute atomic E-state index is 14.4. The highest BCUT2D eigenvalue weighted by Gasteiger charge is 2.45. The van der Waals surface area contributed by atoms with Gasteiger partial charge in [-0.2, -0.15) is 0 Å². The van der Waals surface area contributed by atoms with Crippen molar-refractivity contribution in [2.24, 2.45) is 47.3 Å². The van der Waals surface area contributed by atoms with Gasteiger partial charge in [-0.05, 0) is 153 Å². The lowest BCUT2D eigenvalue weighted by Gasteiger charge is -2.28. The Morgan fingerprint density at radius 2 is 0.903 bits per heavy atom. The van der Waals surface area contributed by atoms with Gasteiger partial charge in [0.1, 0.15) is 23.1 Å². The van der Waals surface area contributed by atoms with Crippen LogP contribution in [-0.4, -0.2) is 77.3 Å². The van der Waals surface area contributed by atoms with Crippen molar-refractivity contribution in [2.75, 3.05) is 11.7 Å². The molecule has 4 aliphatic carbocycles. The molecule has 1 aromatic heterocycles. The van der Waals surface area contributed by atoms with E-state index in [1.807, 2.05) is 19.1 Å². The fourth-order valence-corrected chi connectivity index (χ4v) is 11.7. The van der Waals surface area contributed by atoms with Gasteiger partial charge in [-0.3, -0.25) is 47.9 Å². The van der Waals surface area contributed by atoms with Gasteiger partial charge in [-0.25, -0.2) is 9.88 Å². The number of Topliss-reactive ketones (excluding diaryl/α,β-unsaturated/α-hetero) is 2. The third-order valence-electron chi connectivity index (χ3n) is 15.1. The third-order valence-corrected chi connectivity index (χ3v) is 16.1. The molecule has 0 bridgehead atoms. The summed E-state index contributed by atoms with van der Waals surface area (Å²) in [5.74, 6) is -8.61. The first kappa shape index (κ1) is 52.0. The fourth-order valence-electron chi connectivity index (χ4n) is 10.7. The molecule has 18 nitrogen and oxygen atoms in total. The SMILES string of the molecule is CC(=O)C1CCC(C(=O)OCOC(=O)C2CCC(C(=O)Oc3ccc(OC(=O)C4CCC(C(=O)OC(C)OC(=O)C5CCC(C(C)=O)CC5)CC4)c4c3C(=O)N(c3nc5ccc(C)cc5s3)C4=O)CC2)CC1. The number of nitrogens with zero attached hydrogens (tertiary/aromatic N) is 2. The minimum atomic E-state index is -1.12. The van der Waals surface area contributed by atoms with Gasteiger partial charge in [0.2, 0.25) is 18.2 Å². The van der Waals surface area contributed by atoms with E-state index in [0.717, 1.165) is 26.5 Å². The minimum absolute atomic E-state index is 0.0453. The van der Waals surface area contributed by atoms with Crippen LogP contribution in [-0.2, 0) is 57.3 Å². The molecule has 8 rings (SSSR count). The summed E-state index contributed by atoms with van der Waals surface area (Å²) in [6.45, 7) is 5.94. The van der Waals surface area contributed by atoms with E-state index in [4.69, 9.17) is 28.4 Å². The number of aryl methyl sites for hydroxylation is 1. The average molecular weight is 1010 g/mol. The number of anilines is 1. The normalized spacial score (nSPS) is 25.6. The van der Waals surface area contributed by atoms with Crippen molar-refractivity contribution >= 4 is 85.9 Å². The van der Waals surface area contributed by atoms with Crippen molar-refractivity contribution < 1.29 is 76.4 Å². The summed E-state index contributed by atoms with van der Waals surface area (Å²) in [4.78, 5) is 136. The number of rotatable bonds is 15. The van der Waals surface area contributed by atoms with Crippen LogP contribution in [0.2, 0.25) is 0 Å². The molecule has 0 radical (unpaired) electrons. The molecule has 1 unspecified atom stereocenters. The fraction of sp³-hybridized carbons (Fsp3) is 0.566. The number of carbonyl (C=O) groups is 10. The van der Waals surface area contributed by atoms with Crippen LogP contribution in [0.3, 0.4) is 0 Å². The molecular weight excluding hydrogens is 953 g/mol. The smallest absolute Gasteiger partial charge is 0.314 e. The van der Waals surface area contributed by atoms with Crippen LogP contribution in [0.4, 0.5) is 5.13 Å². The monoisotopic (exact) mass is 1010 g/mol. The zero-order valence-electron chi connectivity index (χ0n) is 40.9. The second-order valence-corrected chi connectivity index (χ2v) is 21.0. The van der Waals surface area contributed by atoms with E-state index in [9.17, 15) is 47.9 Å². The van der Waals surface area contributed by atoms with E-state index in [2.05, 4.69) is 4.98 Å². The van der Waals surface area contributed by atoms with E-state index < -0.39 is 84.4 Å². The predicted octanol–water partition coefficient (Wildman–Crippen LogP) is 8.10. The maximum Gasteiger partial charge on any atom is 0.314 e. The molecular formula is C53H60N2O16S. The van der Waals surface area contributed by atoms with Gasteiger partial charge in [0, 0.05) is 18.8 Å². The van der Waals surface area contributed by atoms with Gasteiger partial charge in [-0.1, -0.05) is 17.4 Å². The molecule has 1 aliphatic heterocycles. The lowest BCUT2D eigenvalue weighted by molar-refractivity contribution is -0.192. The van der Waals surface area contributed by atoms with Crippen LogP contribution in [0.15, 0.2) is 30.3 Å². The average Bonchev–Trinajstić information content (AvgIpc) is 3.90. The van der Waals surface area contributed by atoms with Gasteiger partial charge in [0.05, 0.1) is 56.9 Å². The first-order chi connectivity index (χ1) is 34.4. The van der Waals surface area contributed by atoms with Crippen molar-refractivity contribution in [3.8, 4) is 11.5 Å². The third kappa shape index (κ3) is 11.8. The van der Waals surface area contributed by atoms with E-state index >= 15 is 0 Å². The number of ketones is 2. The zero-order chi connectivity index (χ0) is 51.4. The van der Waals surface area contributed by atoms with Crippen LogP contribution < -0.4 is 14.4 Å². The van der Waals surface area contributed by atoms with Gasteiger partial charge >= 0.3 is 35.8 Å². The number of imide groups is 1. The Balaban J connectivity index is 0.874. The summed E-state index contributed by atoms with van der Waals surface area (Å²) in [5, 5.41) is 0.0687. The van der Waals surface area contributed by atoms with Crippen molar-refractivity contribution in [1.82, 2.24) is 4.98 Å². The number of aromatic nitrogens is 1. The molecule has 0 saturated heterocycles. The molecule has 4 fully saturated rings. The molecule has 72 heavy (non-hydrogen) atoms. The maximum atomic E-state index is 14.4. The second-order valence-electron chi connectivity index (χ2n) is 20.0. The van der Waals surface area contributed by atoms with Crippen LogP contribution in [0.5, 0.6) is 11.5 Å². The standard InChI is InChI=1S/C53H60N2O16S/c1-27-5-22-39-42(25-27)72-53(54-39)55-45(58)43-40(70-51(64)37-16-14-34(15-17-37)48(61)67-26-66-47(60)33-10-6-31(7-11-33)28(2)56)23-24-41(44(43)46(55)59)71-52(65)38-20-18-36(19-21-38)50(63)69-30(4)68-49(62)35-12-8-32(9-13-35)29(3)57/h5,22-25,30-38H,6-21,26H2,1-4H3. The summed E-state index contributed by atoms with van der Waals surface area (Å²) < 4.78 is 33.9. The number of ether oxygens (including phenoxy) is 6. The highest BCUT2D eigenvalue weighted by Crippen LogP contribution is 2.43. The molecule has 384 valence electrons. The molecule has 1 atom stereocenters. The Labute approximate surface area is 420 Å². The minimum Gasteiger partial charge on any atom is -0.428 e. The topological polar surface area (TPSA) is 242 Å². The molecule has 0 spiro atoms. The Morgan fingerprint density at radius 1 is 0.542 bits per heavy atom. The Morgan fingerprint density at radius 3 is 1.29 bits per heavy atom. The number of amides is 2. The van der Waals surface area contributed by atoms with Gasteiger partial charge in [-0.15, -0.1) is 0 Å². The predicted molar refractivity (Wildman–Crippen MR) is 255 cm³/mol. The van der Waals surface area contributed by atoms with E-state index in [1.165, 1.54) is 19.1 Å². The number of carbonyl (C=O) groups excluding carboxylic acids is 10. The summed E-state index contributed by atoms with van der Waals surface area (Å²) in [5.41, 5.74) is 0.938. The van der Waals surface area contributed by atoms with E-state index in [0.29, 0.717) is 56.9 Å². The molecule has 4 saturated carbocycles. The molecule has 19 heteroatoms. The van der Waals surface area contributed by atoms with Crippen molar-refractivity contribution in [2.45, 2.75) is 137 Å². The van der Waals surface area contributed by atoms with Crippen molar-refractivity contribution in [1.29, 1.82) is 0 Å². The number of hydrogen-bond donors (Lipinski definition) is 0. The number of fused-ring (bicyclic) bond motifs is 2. The largest absolute Gasteiger partial charge is 0.428 e. The van der Waals surface area contributed by atoms with Gasteiger partial charge in [0.25, 0.3) is 11.8 Å². The van der Waals surface area contributed by atoms with Crippen LogP contribution >= 0.6 is 11.3 Å². The lowest BCUT2D eigenvalue weighted by Crippen LogP contribution is -2.33. The van der Waals surface area contributed by atoms with Crippen molar-refractivity contribution in [3.05, 3.63) is 47.0 Å². The molecule has 3 aromatic rings. The van der Waals surface area contributed by atoms with Gasteiger partial charge < -0.3 is 28.4 Å². The van der Waals surface area contributed by atoms with Gasteiger partial charge in [0.15, 0.2) is 0 Å². The summed E-state index contributed by atoms with van der Waals surface area (Å²) in [7, 11) is 0. The van der Waals surface area contributed by atoms with Crippen LogP contribution in [0, 0.1) is 54.3 Å². The summed E-state index contributed by atoms with van der Waals surface area (Å²) in [6.07, 6.45) is 5.52. The number of esters is 6. The number of hydrogen-bond acceptors (Lipinski definition) is 18. The first-order valence-electron chi connectivity index (χ1n) is 25.1. The number of benzene rings is 2. The molecule has 5 aliphatic rings. The first-order valence-corrected chi connectivity index (χ1v) is 25.9. The molecule has 2 heterocycles. The van der Waals surface area contributed by atoms with E-state index in [1.54, 1.807) is 19.9 Å². The Kier molecular flexibility index (Phi) is 16.3. The Bertz CT molecular complexity index is 2640. The van der Waals surface area contributed by atoms with E-state index in [-0.39, 0.29) is 114 Å². The van der Waals surface area contributed by atoms with Crippen molar-refractivity contribution in [3.63, 3.8) is 0 Å².